The summed E-state index contributed by atoms with van der Waals surface area (Å²) in [6.07, 6.45) is -1.76. The van der Waals surface area contributed by atoms with Crippen LogP contribution < -0.4 is 10.1 Å². The number of pyridine rings is 2. The van der Waals surface area contributed by atoms with Crippen LogP contribution in [0.25, 0.3) is 10.9 Å². The van der Waals surface area contributed by atoms with Crippen molar-refractivity contribution in [2.24, 2.45) is 0 Å². The molecule has 0 aliphatic rings. The number of aromatic nitrogens is 2. The lowest BCUT2D eigenvalue weighted by molar-refractivity contribution is -0.141. The first-order valence-corrected chi connectivity index (χ1v) is 6.75. The Balaban J connectivity index is 1.96. The summed E-state index contributed by atoms with van der Waals surface area (Å²) in [5, 5.41) is 3.78. The summed E-state index contributed by atoms with van der Waals surface area (Å²) in [6, 6.07) is 9.24. The number of anilines is 1. The Hall–Kier alpha value is -2.83. The van der Waals surface area contributed by atoms with E-state index in [4.69, 9.17) is 4.74 Å². The van der Waals surface area contributed by atoms with Crippen LogP contribution in [-0.4, -0.2) is 17.0 Å². The van der Waals surface area contributed by atoms with E-state index in [1.165, 1.54) is 6.07 Å². The predicted molar refractivity (Wildman–Crippen MR) is 80.6 cm³/mol. The van der Waals surface area contributed by atoms with Crippen LogP contribution in [0.15, 0.2) is 48.8 Å². The number of hydrogen-bond acceptors (Lipinski definition) is 4. The van der Waals surface area contributed by atoms with E-state index in [0.29, 0.717) is 11.3 Å². The number of alkyl halides is 3. The fourth-order valence-electron chi connectivity index (χ4n) is 2.17. The molecule has 0 aliphatic carbocycles. The largest absolute Gasteiger partial charge is 0.455 e. The van der Waals surface area contributed by atoms with Gasteiger partial charge in [-0.1, -0.05) is 0 Å². The molecule has 1 N–H and O–H groups in total. The molecule has 0 unspecified atom stereocenters. The Kier molecular flexibility index (Phi) is 3.77. The van der Waals surface area contributed by atoms with E-state index in [2.05, 4.69) is 15.3 Å². The van der Waals surface area contributed by atoms with Gasteiger partial charge < -0.3 is 10.1 Å². The number of rotatable bonds is 3. The number of halogens is 3. The Morgan fingerprint density at radius 1 is 1.04 bits per heavy atom. The lowest BCUT2D eigenvalue weighted by Gasteiger charge is -2.12. The normalized spacial score (nSPS) is 11.5. The Morgan fingerprint density at radius 2 is 1.87 bits per heavy atom. The maximum atomic E-state index is 12.5. The van der Waals surface area contributed by atoms with E-state index in [-0.39, 0.29) is 5.75 Å². The topological polar surface area (TPSA) is 47.0 Å². The van der Waals surface area contributed by atoms with Gasteiger partial charge in [-0.15, -0.1) is 0 Å². The maximum Gasteiger partial charge on any atom is 0.433 e. The Morgan fingerprint density at radius 3 is 2.52 bits per heavy atom. The molecule has 4 nitrogen and oxygen atoms in total. The van der Waals surface area contributed by atoms with Crippen molar-refractivity contribution < 1.29 is 17.9 Å². The molecule has 7 heteroatoms. The lowest BCUT2D eigenvalue weighted by atomic mass is 10.1. The van der Waals surface area contributed by atoms with Crippen LogP contribution >= 0.6 is 0 Å². The lowest BCUT2D eigenvalue weighted by Crippen LogP contribution is -2.07. The van der Waals surface area contributed by atoms with Crippen LogP contribution in [0.1, 0.15) is 5.69 Å². The zero-order valence-electron chi connectivity index (χ0n) is 12.1. The minimum atomic E-state index is -4.47. The highest BCUT2D eigenvalue weighted by atomic mass is 19.4. The van der Waals surface area contributed by atoms with E-state index in [9.17, 15) is 13.2 Å². The van der Waals surface area contributed by atoms with Gasteiger partial charge in [0.25, 0.3) is 0 Å². The molecule has 2 aromatic heterocycles. The second-order valence-corrected chi connectivity index (χ2v) is 4.74. The van der Waals surface area contributed by atoms with Gasteiger partial charge in [0.15, 0.2) is 0 Å². The molecular weight excluding hydrogens is 307 g/mol. The molecule has 3 rings (SSSR count). The summed E-state index contributed by atoms with van der Waals surface area (Å²) in [5.74, 6) is 0.717. The molecule has 23 heavy (non-hydrogen) atoms. The van der Waals surface area contributed by atoms with Crippen LogP contribution in [0.2, 0.25) is 0 Å². The van der Waals surface area contributed by atoms with E-state index in [0.717, 1.165) is 23.3 Å². The predicted octanol–water partition coefficient (Wildman–Crippen LogP) is 4.48. The number of ether oxygens (including phenoxy) is 1. The van der Waals surface area contributed by atoms with Crippen LogP contribution in [0.3, 0.4) is 0 Å². The van der Waals surface area contributed by atoms with Crippen molar-refractivity contribution in [1.29, 1.82) is 0 Å². The summed E-state index contributed by atoms with van der Waals surface area (Å²) < 4.78 is 43.2. The fraction of sp³-hybridized carbons (Fsp3) is 0.125. The molecular formula is C16H12F3N3O. The van der Waals surface area contributed by atoms with E-state index < -0.39 is 11.9 Å². The van der Waals surface area contributed by atoms with E-state index >= 15 is 0 Å². The molecule has 0 amide bonds. The first-order valence-electron chi connectivity index (χ1n) is 6.75. The molecule has 2 heterocycles. The third kappa shape index (κ3) is 3.03. The van der Waals surface area contributed by atoms with Gasteiger partial charge in [0, 0.05) is 18.6 Å². The van der Waals surface area contributed by atoms with Gasteiger partial charge >= 0.3 is 6.18 Å². The summed E-state index contributed by atoms with van der Waals surface area (Å²) >= 11 is 0. The standard InChI is InChI=1S/C16H12F3N3O/c1-20-12-5-6-13(11-3-2-8-21-15(11)12)23-10-4-7-14(22-9-10)16(17,18)19/h2-9,20H,1H3. The second kappa shape index (κ2) is 5.75. The number of benzene rings is 1. The number of nitrogens with one attached hydrogen (secondary N) is 1. The Bertz CT molecular complexity index is 832. The molecule has 1 aromatic carbocycles. The van der Waals surface area contributed by atoms with Gasteiger partial charge in [0.05, 0.1) is 17.4 Å². The van der Waals surface area contributed by atoms with Crippen LogP contribution in [0.5, 0.6) is 11.5 Å². The smallest absolute Gasteiger partial charge is 0.433 e. The van der Waals surface area contributed by atoms with Gasteiger partial charge in [-0.25, -0.2) is 4.98 Å². The van der Waals surface area contributed by atoms with E-state index in [1.54, 1.807) is 31.4 Å². The molecule has 0 bridgehead atoms. The molecule has 0 radical (unpaired) electrons. The van der Waals surface area contributed by atoms with Gasteiger partial charge in [0.2, 0.25) is 0 Å². The minimum absolute atomic E-state index is 0.223. The third-order valence-electron chi connectivity index (χ3n) is 3.25. The van der Waals surface area contributed by atoms with E-state index in [1.807, 2.05) is 6.07 Å². The highest BCUT2D eigenvalue weighted by molar-refractivity contribution is 5.94. The minimum Gasteiger partial charge on any atom is -0.455 e. The maximum absolute atomic E-state index is 12.5. The van der Waals surface area contributed by atoms with Crippen molar-refractivity contribution in [3.05, 3.63) is 54.5 Å². The van der Waals surface area contributed by atoms with Crippen LogP contribution in [0.4, 0.5) is 18.9 Å². The average molecular weight is 319 g/mol. The summed E-state index contributed by atoms with van der Waals surface area (Å²) in [4.78, 5) is 7.68. The van der Waals surface area contributed by atoms with Crippen molar-refractivity contribution in [1.82, 2.24) is 9.97 Å². The number of fused-ring (bicyclic) bond motifs is 1. The first-order chi connectivity index (χ1) is 11.0. The monoisotopic (exact) mass is 319 g/mol. The Labute approximate surface area is 129 Å². The number of nitrogens with zero attached hydrogens (tertiary/aromatic N) is 2. The van der Waals surface area contributed by atoms with Gasteiger partial charge in [0.1, 0.15) is 17.2 Å². The molecule has 0 atom stereocenters. The highest BCUT2D eigenvalue weighted by Gasteiger charge is 2.32. The van der Waals surface area contributed by atoms with Crippen molar-refractivity contribution in [2.75, 3.05) is 12.4 Å². The summed E-state index contributed by atoms with van der Waals surface area (Å²) in [7, 11) is 1.78. The zero-order valence-corrected chi connectivity index (χ0v) is 12.1. The highest BCUT2D eigenvalue weighted by Crippen LogP contribution is 2.34. The second-order valence-electron chi connectivity index (χ2n) is 4.74. The summed E-state index contributed by atoms with van der Waals surface area (Å²) in [5.41, 5.74) is 0.591. The molecule has 0 spiro atoms. The van der Waals surface area contributed by atoms with Gasteiger partial charge in [-0.05, 0) is 36.4 Å². The van der Waals surface area contributed by atoms with Gasteiger partial charge in [-0.3, -0.25) is 4.98 Å². The molecule has 118 valence electrons. The van der Waals surface area contributed by atoms with Gasteiger partial charge in [-0.2, -0.15) is 13.2 Å². The first kappa shape index (κ1) is 15.1. The van der Waals surface area contributed by atoms with Crippen molar-refractivity contribution >= 4 is 16.6 Å². The number of hydrogen-bond donors (Lipinski definition) is 1. The van der Waals surface area contributed by atoms with Crippen molar-refractivity contribution in [3.8, 4) is 11.5 Å². The molecule has 0 saturated heterocycles. The average Bonchev–Trinajstić information content (AvgIpc) is 2.55. The quantitative estimate of drug-likeness (QED) is 0.773. The summed E-state index contributed by atoms with van der Waals surface area (Å²) in [6.45, 7) is 0. The SMILES string of the molecule is CNc1ccc(Oc2ccc(C(F)(F)F)nc2)c2cccnc12. The van der Waals surface area contributed by atoms with Crippen LogP contribution in [0, 0.1) is 0 Å². The van der Waals surface area contributed by atoms with Crippen LogP contribution in [-0.2, 0) is 6.18 Å². The molecule has 0 aliphatic heterocycles. The molecule has 0 fully saturated rings. The third-order valence-corrected chi connectivity index (χ3v) is 3.25. The molecule has 3 aromatic rings. The van der Waals surface area contributed by atoms with Crippen molar-refractivity contribution in [2.45, 2.75) is 6.18 Å². The van der Waals surface area contributed by atoms with Crippen molar-refractivity contribution in [3.63, 3.8) is 0 Å². The molecule has 0 saturated carbocycles. The fourth-order valence-corrected chi connectivity index (χ4v) is 2.17. The zero-order chi connectivity index (χ0) is 16.4.